The van der Waals surface area contributed by atoms with Crippen molar-refractivity contribution in [2.75, 3.05) is 116 Å². The molecule has 0 bridgehead atoms. The van der Waals surface area contributed by atoms with E-state index in [1.807, 2.05) is 84.9 Å². The summed E-state index contributed by atoms with van der Waals surface area (Å²) in [6.07, 6.45) is 29.4. The SMILES string of the molecule is CCCCCCOC(=O)c1cc(OCc2ccc(OCCCCCCOc3ccc(C=CC(=O)OC)cc3OC)c(OCCCCCCOc3ccc(C=CC(=O)OC)cc3OC)c2)cc(OCc2ccc(OCCCCCCOc3ccc(C=CC(=O)OC)cc3OC)c(OCCCCCCOc3ccc(C=CC(=O)OC)cc3OC)c2)c1. The third-order valence-electron chi connectivity index (χ3n) is 18.6. The molecule has 119 heavy (non-hydrogen) atoms. The van der Waals surface area contributed by atoms with E-state index in [1.54, 1.807) is 95.2 Å². The Hall–Kier alpha value is -12.0. The molecule has 0 radical (unpaired) electrons. The third kappa shape index (κ3) is 35.8. The van der Waals surface area contributed by atoms with Crippen molar-refractivity contribution in [1.82, 2.24) is 0 Å². The van der Waals surface area contributed by atoms with E-state index >= 15 is 0 Å². The minimum absolute atomic E-state index is 0.118. The van der Waals surface area contributed by atoms with E-state index in [2.05, 4.69) is 6.92 Å². The number of hydrogen-bond acceptors (Lipinski definition) is 24. The Morgan fingerprint density at radius 1 is 0.252 bits per heavy atom. The minimum atomic E-state index is -0.491. The summed E-state index contributed by atoms with van der Waals surface area (Å²) < 4.78 is 110. The number of hydrogen-bond donors (Lipinski definition) is 0. The maximum absolute atomic E-state index is 13.9. The number of benzene rings is 7. The highest BCUT2D eigenvalue weighted by Crippen LogP contribution is 2.36. The van der Waals surface area contributed by atoms with E-state index in [0.717, 1.165) is 162 Å². The molecule has 24 nitrogen and oxygen atoms in total. The van der Waals surface area contributed by atoms with Crippen molar-refractivity contribution in [3.63, 3.8) is 0 Å². The summed E-state index contributed by atoms with van der Waals surface area (Å²) in [6.45, 7) is 6.39. The Kier molecular flexibility index (Phi) is 44.0. The number of carbonyl (C=O) groups excluding carboxylic acids is 5. The van der Waals surface area contributed by atoms with Gasteiger partial charge in [0, 0.05) is 30.4 Å². The molecule has 7 rings (SSSR count). The molecular formula is C95H118O24. The molecule has 0 aromatic heterocycles. The molecule has 24 heteroatoms. The van der Waals surface area contributed by atoms with Crippen molar-refractivity contribution in [3.05, 3.63) is 191 Å². The summed E-state index contributed by atoms with van der Waals surface area (Å²) in [7, 11) is 11.6. The Morgan fingerprint density at radius 2 is 0.504 bits per heavy atom. The number of ether oxygens (including phenoxy) is 19. The number of carbonyl (C=O) groups is 5. The number of methoxy groups -OCH3 is 8. The molecule has 0 atom stereocenters. The maximum Gasteiger partial charge on any atom is 0.338 e. The monoisotopic (exact) mass is 1640 g/mol. The van der Waals surface area contributed by atoms with Gasteiger partial charge in [0.05, 0.1) is 122 Å². The first kappa shape index (κ1) is 94.2. The molecule has 0 saturated heterocycles. The normalized spacial score (nSPS) is 11.1. The van der Waals surface area contributed by atoms with Crippen molar-refractivity contribution in [3.8, 4) is 80.5 Å². The van der Waals surface area contributed by atoms with Gasteiger partial charge in [-0.2, -0.15) is 0 Å². The quantitative estimate of drug-likeness (QED) is 0.0148. The fraction of sp³-hybridized carbons (Fsp3) is 0.421. The van der Waals surface area contributed by atoms with Crippen molar-refractivity contribution in [1.29, 1.82) is 0 Å². The van der Waals surface area contributed by atoms with Gasteiger partial charge < -0.3 is 90.0 Å². The van der Waals surface area contributed by atoms with Crippen LogP contribution in [-0.2, 0) is 56.1 Å². The van der Waals surface area contributed by atoms with Crippen LogP contribution in [-0.4, -0.2) is 146 Å². The average Bonchev–Trinajstić information content (AvgIpc) is 0.796. The fourth-order valence-corrected chi connectivity index (χ4v) is 12.0. The van der Waals surface area contributed by atoms with Gasteiger partial charge in [-0.05, 0) is 252 Å². The number of unbranched alkanes of at least 4 members (excludes halogenated alkanes) is 15. The summed E-state index contributed by atoms with van der Waals surface area (Å²) in [5, 5.41) is 0. The predicted octanol–water partition coefficient (Wildman–Crippen LogP) is 19.4. The molecule has 0 unspecified atom stereocenters. The zero-order valence-corrected chi connectivity index (χ0v) is 70.5. The largest absolute Gasteiger partial charge is 0.493 e. The number of esters is 5. The summed E-state index contributed by atoms with van der Waals surface area (Å²) in [6, 6.07) is 38.6. The van der Waals surface area contributed by atoms with Gasteiger partial charge in [0.2, 0.25) is 0 Å². The topological polar surface area (TPSA) is 261 Å². The van der Waals surface area contributed by atoms with Gasteiger partial charge in [0.15, 0.2) is 69.0 Å². The van der Waals surface area contributed by atoms with Crippen LogP contribution in [0, 0.1) is 0 Å². The van der Waals surface area contributed by atoms with Crippen LogP contribution in [0.1, 0.15) is 179 Å². The first-order chi connectivity index (χ1) is 58.2. The second-order valence-corrected chi connectivity index (χ2v) is 27.5. The highest BCUT2D eigenvalue weighted by molar-refractivity contribution is 5.91. The van der Waals surface area contributed by atoms with Gasteiger partial charge >= 0.3 is 29.8 Å². The average molecular weight is 1640 g/mol. The van der Waals surface area contributed by atoms with Crippen LogP contribution >= 0.6 is 0 Å². The molecular weight excluding hydrogens is 1530 g/mol. The second-order valence-electron chi connectivity index (χ2n) is 27.5. The van der Waals surface area contributed by atoms with Gasteiger partial charge in [-0.15, -0.1) is 0 Å². The fourth-order valence-electron chi connectivity index (χ4n) is 12.0. The van der Waals surface area contributed by atoms with E-state index in [-0.39, 0.29) is 25.4 Å². The summed E-state index contributed by atoms with van der Waals surface area (Å²) in [5.74, 6) is 5.58. The lowest BCUT2D eigenvalue weighted by Crippen LogP contribution is -2.08. The van der Waals surface area contributed by atoms with Crippen molar-refractivity contribution >= 4 is 54.2 Å². The smallest absolute Gasteiger partial charge is 0.338 e. The maximum atomic E-state index is 13.9. The summed E-state index contributed by atoms with van der Waals surface area (Å²) >= 11 is 0. The standard InChI is InChI=1S/C95H118O24/c1-10-11-12-21-58-117-95(100)76-65-77(118-68-74-34-44-83(113-54-26-15-13-22-50-109-79-40-30-70(59-85(79)101-2)36-46-91(96)105-6)89(63-74)115-56-28-19-17-24-52-111-81-42-32-72(61-87(81)103-4)38-48-93(98)107-8)67-78(66-76)119-69-75-35-45-84(114-55-27-16-14-23-51-110-80-41-31-71(60-86(80)102-3)37-47-92(97)106-7)90(64-75)116-57-29-20-18-25-53-112-82-43-33-73(62-88(82)104-5)39-49-94(99)108-9/h30-49,59-67H,10-29,50-58,68-69H2,1-9H3. The Morgan fingerprint density at radius 3 is 0.773 bits per heavy atom. The van der Waals surface area contributed by atoms with Crippen LogP contribution in [0.2, 0.25) is 0 Å². The lowest BCUT2D eigenvalue weighted by molar-refractivity contribution is -0.135. The van der Waals surface area contributed by atoms with Gasteiger partial charge in [0.25, 0.3) is 0 Å². The molecule has 0 aliphatic carbocycles. The molecule has 0 spiro atoms. The molecule has 0 saturated carbocycles. The first-order valence-electron chi connectivity index (χ1n) is 40.8. The molecule has 0 heterocycles. The highest BCUT2D eigenvalue weighted by Gasteiger charge is 2.18. The molecule has 0 aliphatic rings. The van der Waals surface area contributed by atoms with Crippen LogP contribution in [0.5, 0.6) is 80.5 Å². The molecule has 7 aromatic rings. The Bertz CT molecular complexity index is 4090. The minimum Gasteiger partial charge on any atom is -0.493 e. The molecule has 0 fully saturated rings. The molecule has 642 valence electrons. The van der Waals surface area contributed by atoms with Crippen LogP contribution in [0.4, 0.5) is 0 Å². The van der Waals surface area contributed by atoms with E-state index in [4.69, 9.17) is 90.0 Å². The van der Waals surface area contributed by atoms with Crippen LogP contribution in [0.25, 0.3) is 24.3 Å². The first-order valence-corrected chi connectivity index (χ1v) is 40.8. The van der Waals surface area contributed by atoms with Gasteiger partial charge in [-0.3, -0.25) is 0 Å². The molecule has 0 aliphatic heterocycles. The van der Waals surface area contributed by atoms with E-state index in [9.17, 15) is 24.0 Å². The third-order valence-corrected chi connectivity index (χ3v) is 18.6. The van der Waals surface area contributed by atoms with Crippen molar-refractivity contribution in [2.24, 2.45) is 0 Å². The van der Waals surface area contributed by atoms with E-state index < -0.39 is 29.8 Å². The zero-order chi connectivity index (χ0) is 84.9. The predicted molar refractivity (Wildman–Crippen MR) is 456 cm³/mol. The van der Waals surface area contributed by atoms with E-state index in [1.165, 1.54) is 52.7 Å². The van der Waals surface area contributed by atoms with E-state index in [0.29, 0.717) is 133 Å². The van der Waals surface area contributed by atoms with Gasteiger partial charge in [0.1, 0.15) is 24.7 Å². The van der Waals surface area contributed by atoms with Gasteiger partial charge in [-0.25, -0.2) is 24.0 Å². The lowest BCUT2D eigenvalue weighted by Gasteiger charge is -2.16. The summed E-state index contributed by atoms with van der Waals surface area (Å²) in [4.78, 5) is 60.4. The van der Waals surface area contributed by atoms with Crippen molar-refractivity contribution < 1.29 is 114 Å². The van der Waals surface area contributed by atoms with Gasteiger partial charge in [-0.1, -0.05) is 62.6 Å². The van der Waals surface area contributed by atoms with Crippen LogP contribution < -0.4 is 66.3 Å². The molecule has 7 aromatic carbocycles. The number of rotatable bonds is 60. The lowest BCUT2D eigenvalue weighted by atomic mass is 10.1. The summed E-state index contributed by atoms with van der Waals surface area (Å²) in [5.41, 5.74) is 4.98. The van der Waals surface area contributed by atoms with Crippen LogP contribution in [0.15, 0.2) is 152 Å². The Labute approximate surface area is 700 Å². The van der Waals surface area contributed by atoms with Crippen molar-refractivity contribution in [2.45, 2.75) is 149 Å². The zero-order valence-electron chi connectivity index (χ0n) is 70.5. The Balaban J connectivity index is 0.995. The molecule has 0 amide bonds. The highest BCUT2D eigenvalue weighted by atomic mass is 16.6. The second kappa shape index (κ2) is 55.6. The van der Waals surface area contributed by atoms with Crippen LogP contribution in [0.3, 0.4) is 0 Å². The molecule has 0 N–H and O–H groups in total.